The van der Waals surface area contributed by atoms with Crippen LogP contribution in [0.25, 0.3) is 11.4 Å². The predicted molar refractivity (Wildman–Crippen MR) is 91.6 cm³/mol. The Kier molecular flexibility index (Phi) is 4.35. The van der Waals surface area contributed by atoms with E-state index in [9.17, 15) is 9.50 Å². The van der Waals surface area contributed by atoms with Crippen LogP contribution in [0.2, 0.25) is 0 Å². The molecule has 0 aliphatic rings. The number of phenols is 1. The predicted octanol–water partition coefficient (Wildman–Crippen LogP) is 4.10. The van der Waals surface area contributed by atoms with Crippen molar-refractivity contribution in [3.63, 3.8) is 0 Å². The Morgan fingerprint density at radius 1 is 1.26 bits per heavy atom. The number of aromatic nitrogens is 3. The lowest BCUT2D eigenvalue weighted by atomic mass is 10.2. The van der Waals surface area contributed by atoms with Crippen LogP contribution in [0, 0.1) is 10.6 Å². The van der Waals surface area contributed by atoms with Gasteiger partial charge in [-0.3, -0.25) is 0 Å². The molecule has 0 saturated carbocycles. The van der Waals surface area contributed by atoms with E-state index in [0.29, 0.717) is 17.0 Å². The van der Waals surface area contributed by atoms with Crippen LogP contribution < -0.4 is 0 Å². The molecule has 0 spiro atoms. The molecular weight excluding hydrogens is 383 g/mol. The zero-order valence-electron chi connectivity index (χ0n) is 11.6. The highest BCUT2D eigenvalue weighted by Crippen LogP contribution is 2.21. The maximum Gasteiger partial charge on any atom is 0.216 e. The Morgan fingerprint density at radius 2 is 2.00 bits per heavy atom. The molecule has 3 rings (SSSR count). The summed E-state index contributed by atoms with van der Waals surface area (Å²) in [5.41, 5.74) is 1.18. The second kappa shape index (κ2) is 6.43. The number of aromatic hydroxyl groups is 1. The molecule has 1 heterocycles. The summed E-state index contributed by atoms with van der Waals surface area (Å²) < 4.78 is 15.5. The molecule has 0 atom stereocenters. The molecule has 2 aromatic carbocycles. The van der Waals surface area contributed by atoms with E-state index in [0.717, 1.165) is 4.47 Å². The topological polar surface area (TPSA) is 66.2 Å². The summed E-state index contributed by atoms with van der Waals surface area (Å²) in [5.74, 6) is 0.202. The van der Waals surface area contributed by atoms with E-state index in [-0.39, 0.29) is 16.3 Å². The third-order valence-corrected chi connectivity index (χ3v) is 3.81. The lowest BCUT2D eigenvalue weighted by molar-refractivity contribution is 0.474. The van der Waals surface area contributed by atoms with Crippen LogP contribution >= 0.6 is 28.1 Å². The van der Waals surface area contributed by atoms with E-state index in [1.165, 1.54) is 23.0 Å². The molecule has 1 aromatic heterocycles. The Labute approximate surface area is 144 Å². The number of halogens is 2. The minimum atomic E-state index is -0.336. The first-order valence-corrected chi connectivity index (χ1v) is 7.71. The maximum absolute atomic E-state index is 13.0. The van der Waals surface area contributed by atoms with Crippen molar-refractivity contribution < 1.29 is 9.50 Å². The molecule has 0 amide bonds. The lowest BCUT2D eigenvalue weighted by Crippen LogP contribution is -1.95. The lowest BCUT2D eigenvalue weighted by Gasteiger charge is -2.02. The number of nitrogens with one attached hydrogen (secondary N) is 1. The van der Waals surface area contributed by atoms with Crippen molar-refractivity contribution in [3.05, 3.63) is 63.1 Å². The molecule has 5 nitrogen and oxygen atoms in total. The van der Waals surface area contributed by atoms with Crippen LogP contribution in [0.5, 0.6) is 5.75 Å². The number of aromatic amines is 1. The summed E-state index contributed by atoms with van der Waals surface area (Å²) >= 11 is 8.49. The molecular formula is C15H10BrFN4OS. The normalized spacial score (nSPS) is 11.2. The maximum atomic E-state index is 13.0. The summed E-state index contributed by atoms with van der Waals surface area (Å²) in [6.07, 6.45) is 1.47. The van der Waals surface area contributed by atoms with E-state index >= 15 is 0 Å². The van der Waals surface area contributed by atoms with E-state index < -0.39 is 0 Å². The first kappa shape index (κ1) is 15.6. The molecule has 0 fully saturated rings. The van der Waals surface area contributed by atoms with Crippen LogP contribution in [-0.2, 0) is 0 Å². The van der Waals surface area contributed by atoms with Gasteiger partial charge in [0.25, 0.3) is 0 Å². The van der Waals surface area contributed by atoms with Crippen molar-refractivity contribution >= 4 is 34.4 Å². The molecule has 0 radical (unpaired) electrons. The quantitative estimate of drug-likeness (QED) is 0.520. The standard InChI is InChI=1S/C15H10BrFN4OS/c16-11-3-6-13(22)10(7-11)8-18-21-14(19-20-15(21)23)9-1-4-12(17)5-2-9/h1-8,22H,(H,20,23)/b18-8-. The summed E-state index contributed by atoms with van der Waals surface area (Å²) in [6.45, 7) is 0. The second-order valence-corrected chi connectivity index (χ2v) is 5.92. The summed E-state index contributed by atoms with van der Waals surface area (Å²) in [7, 11) is 0. The minimum absolute atomic E-state index is 0.0929. The number of hydrogen-bond donors (Lipinski definition) is 2. The van der Waals surface area contributed by atoms with Crippen LogP contribution in [-0.4, -0.2) is 26.2 Å². The Balaban J connectivity index is 2.02. The average molecular weight is 393 g/mol. The average Bonchev–Trinajstić information content (AvgIpc) is 2.90. The van der Waals surface area contributed by atoms with Crippen molar-refractivity contribution in [2.75, 3.05) is 0 Å². The fourth-order valence-corrected chi connectivity index (χ4v) is 2.49. The van der Waals surface area contributed by atoms with Gasteiger partial charge in [-0.25, -0.2) is 9.49 Å². The largest absolute Gasteiger partial charge is 0.507 e. The van der Waals surface area contributed by atoms with E-state index in [1.54, 1.807) is 30.3 Å². The van der Waals surface area contributed by atoms with Gasteiger partial charge >= 0.3 is 0 Å². The summed E-state index contributed by atoms with van der Waals surface area (Å²) in [5, 5.41) is 20.8. The first-order valence-electron chi connectivity index (χ1n) is 6.51. The number of H-pyrrole nitrogens is 1. The van der Waals surface area contributed by atoms with Gasteiger partial charge in [0, 0.05) is 15.6 Å². The molecule has 2 N–H and O–H groups in total. The molecule has 0 aliphatic carbocycles. The van der Waals surface area contributed by atoms with Gasteiger partial charge in [-0.05, 0) is 54.7 Å². The van der Waals surface area contributed by atoms with Gasteiger partial charge in [0.05, 0.1) is 6.21 Å². The first-order chi connectivity index (χ1) is 11.0. The van der Waals surface area contributed by atoms with Crippen LogP contribution in [0.3, 0.4) is 0 Å². The highest BCUT2D eigenvalue weighted by atomic mass is 79.9. The Morgan fingerprint density at radius 3 is 2.74 bits per heavy atom. The Bertz CT molecular complexity index is 933. The van der Waals surface area contributed by atoms with E-state index in [4.69, 9.17) is 12.2 Å². The van der Waals surface area contributed by atoms with Crippen LogP contribution in [0.1, 0.15) is 5.56 Å². The molecule has 116 valence electrons. The number of rotatable bonds is 3. The number of hydrogen-bond acceptors (Lipinski definition) is 4. The van der Waals surface area contributed by atoms with Crippen molar-refractivity contribution in [2.24, 2.45) is 5.10 Å². The van der Waals surface area contributed by atoms with Gasteiger partial charge in [0.15, 0.2) is 5.82 Å². The van der Waals surface area contributed by atoms with E-state index in [2.05, 4.69) is 31.2 Å². The smallest absolute Gasteiger partial charge is 0.216 e. The van der Waals surface area contributed by atoms with Gasteiger partial charge < -0.3 is 5.11 Å². The van der Waals surface area contributed by atoms with Crippen LogP contribution in [0.4, 0.5) is 4.39 Å². The SMILES string of the molecule is Oc1ccc(Br)cc1/C=N\n1c(-c2ccc(F)cc2)n[nH]c1=S. The molecule has 3 aromatic rings. The Hall–Kier alpha value is -2.32. The highest BCUT2D eigenvalue weighted by molar-refractivity contribution is 9.10. The van der Waals surface area contributed by atoms with Crippen molar-refractivity contribution in [1.82, 2.24) is 14.9 Å². The number of benzene rings is 2. The highest BCUT2D eigenvalue weighted by Gasteiger charge is 2.08. The summed E-state index contributed by atoms with van der Waals surface area (Å²) in [6, 6.07) is 10.8. The van der Waals surface area contributed by atoms with Gasteiger partial charge in [-0.1, -0.05) is 15.9 Å². The van der Waals surface area contributed by atoms with Crippen molar-refractivity contribution in [1.29, 1.82) is 0 Å². The molecule has 0 saturated heterocycles. The van der Waals surface area contributed by atoms with Crippen LogP contribution in [0.15, 0.2) is 52.0 Å². The monoisotopic (exact) mass is 392 g/mol. The third-order valence-electron chi connectivity index (χ3n) is 3.05. The number of phenolic OH excluding ortho intramolecular Hbond substituents is 1. The van der Waals surface area contributed by atoms with Gasteiger partial charge in [-0.15, -0.1) is 0 Å². The van der Waals surface area contributed by atoms with E-state index in [1.807, 2.05) is 0 Å². The molecule has 8 heteroatoms. The zero-order chi connectivity index (χ0) is 16.4. The van der Waals surface area contributed by atoms with Gasteiger partial charge in [-0.2, -0.15) is 14.9 Å². The minimum Gasteiger partial charge on any atom is -0.507 e. The molecule has 0 bridgehead atoms. The van der Waals surface area contributed by atoms with Crippen molar-refractivity contribution in [2.45, 2.75) is 0 Å². The second-order valence-electron chi connectivity index (χ2n) is 4.62. The third kappa shape index (κ3) is 3.38. The zero-order valence-corrected chi connectivity index (χ0v) is 14.0. The number of nitrogens with zero attached hydrogens (tertiary/aromatic N) is 3. The summed E-state index contributed by atoms with van der Waals surface area (Å²) in [4.78, 5) is 0. The van der Waals surface area contributed by atoms with Crippen molar-refractivity contribution in [3.8, 4) is 17.1 Å². The fraction of sp³-hybridized carbons (Fsp3) is 0. The molecule has 23 heavy (non-hydrogen) atoms. The molecule has 0 unspecified atom stereocenters. The molecule has 0 aliphatic heterocycles. The van der Waals surface area contributed by atoms with Gasteiger partial charge in [0.1, 0.15) is 11.6 Å². The fourth-order valence-electron chi connectivity index (χ4n) is 1.93. The van der Waals surface area contributed by atoms with Gasteiger partial charge in [0.2, 0.25) is 4.77 Å².